The van der Waals surface area contributed by atoms with Gasteiger partial charge in [0.15, 0.2) is 0 Å². The molecular formula is C16H28N2O2S. The number of nitrogens with one attached hydrogen (secondary N) is 1. The molecule has 0 spiro atoms. The molecular weight excluding hydrogens is 284 g/mol. The van der Waals surface area contributed by atoms with Crippen LogP contribution in [0.5, 0.6) is 0 Å². The van der Waals surface area contributed by atoms with Crippen molar-refractivity contribution in [3.8, 4) is 0 Å². The van der Waals surface area contributed by atoms with E-state index in [9.17, 15) is 8.42 Å². The van der Waals surface area contributed by atoms with E-state index < -0.39 is 10.0 Å². The molecule has 0 aromatic heterocycles. The Balaban J connectivity index is 3.12. The van der Waals surface area contributed by atoms with Crippen molar-refractivity contribution in [2.45, 2.75) is 65.3 Å². The highest BCUT2D eigenvalue weighted by atomic mass is 32.2. The molecule has 0 radical (unpaired) electrons. The third-order valence-electron chi connectivity index (χ3n) is 4.04. The summed E-state index contributed by atoms with van der Waals surface area (Å²) in [6.45, 7) is 11.6. The van der Waals surface area contributed by atoms with E-state index in [1.807, 2.05) is 26.8 Å². The lowest BCUT2D eigenvalue weighted by molar-refractivity contribution is 0.445. The second-order valence-corrected chi connectivity index (χ2v) is 7.80. The number of sulfonamides is 1. The molecule has 21 heavy (non-hydrogen) atoms. The van der Waals surface area contributed by atoms with Gasteiger partial charge in [-0.3, -0.25) is 0 Å². The molecule has 0 bridgehead atoms. The van der Waals surface area contributed by atoms with E-state index in [4.69, 9.17) is 5.73 Å². The maximum atomic E-state index is 12.7. The van der Waals surface area contributed by atoms with Crippen LogP contribution in [0.15, 0.2) is 11.0 Å². The lowest BCUT2D eigenvalue weighted by Gasteiger charge is -2.20. The lowest BCUT2D eigenvalue weighted by Crippen LogP contribution is -2.34. The summed E-state index contributed by atoms with van der Waals surface area (Å²) in [4.78, 5) is 0.321. The first-order valence-corrected chi connectivity index (χ1v) is 8.97. The molecule has 2 unspecified atom stereocenters. The first kappa shape index (κ1) is 18.0. The number of hydrogen-bond donors (Lipinski definition) is 2. The highest BCUT2D eigenvalue weighted by Gasteiger charge is 2.24. The van der Waals surface area contributed by atoms with Crippen LogP contribution in [-0.2, 0) is 10.0 Å². The zero-order valence-electron chi connectivity index (χ0n) is 13.9. The molecule has 0 aliphatic rings. The summed E-state index contributed by atoms with van der Waals surface area (Å²) in [6.07, 6.45) is 1.87. The van der Waals surface area contributed by atoms with Crippen molar-refractivity contribution >= 4 is 15.7 Å². The topological polar surface area (TPSA) is 72.2 Å². The maximum Gasteiger partial charge on any atom is 0.241 e. The van der Waals surface area contributed by atoms with Gasteiger partial charge in [0.2, 0.25) is 10.0 Å². The van der Waals surface area contributed by atoms with E-state index in [1.165, 1.54) is 0 Å². The fraction of sp³-hybridized carbons (Fsp3) is 0.625. The Kier molecular flexibility index (Phi) is 5.82. The predicted molar refractivity (Wildman–Crippen MR) is 88.9 cm³/mol. The van der Waals surface area contributed by atoms with Crippen molar-refractivity contribution in [2.75, 3.05) is 5.73 Å². The van der Waals surface area contributed by atoms with Crippen LogP contribution in [0.4, 0.5) is 5.69 Å². The van der Waals surface area contributed by atoms with Gasteiger partial charge >= 0.3 is 0 Å². The van der Waals surface area contributed by atoms with Crippen LogP contribution < -0.4 is 10.5 Å². The minimum Gasteiger partial charge on any atom is -0.398 e. The van der Waals surface area contributed by atoms with Gasteiger partial charge in [-0.05, 0) is 56.7 Å². The van der Waals surface area contributed by atoms with Crippen LogP contribution >= 0.6 is 0 Å². The summed E-state index contributed by atoms with van der Waals surface area (Å²) in [5.41, 5.74) is 8.83. The number of nitrogen functional groups attached to an aromatic ring is 1. The van der Waals surface area contributed by atoms with E-state index in [0.717, 1.165) is 24.0 Å². The number of nitrogens with two attached hydrogens (primary N) is 1. The van der Waals surface area contributed by atoms with E-state index in [0.29, 0.717) is 22.1 Å². The standard InChI is InChI=1S/C16H28N2O2S/c1-7-10(2)8-13(5)18-21(19,20)16-12(4)9-11(3)15(17)14(16)6/h9-10,13,18H,7-8,17H2,1-6H3. The molecule has 0 fully saturated rings. The average molecular weight is 312 g/mol. The van der Waals surface area contributed by atoms with Gasteiger partial charge in [-0.1, -0.05) is 26.3 Å². The third-order valence-corrected chi connectivity index (χ3v) is 5.92. The fourth-order valence-electron chi connectivity index (χ4n) is 2.74. The molecule has 0 aliphatic carbocycles. The van der Waals surface area contributed by atoms with Crippen LogP contribution in [0, 0.1) is 26.7 Å². The van der Waals surface area contributed by atoms with E-state index >= 15 is 0 Å². The Labute approximate surface area is 129 Å². The molecule has 1 aromatic rings. The van der Waals surface area contributed by atoms with E-state index in [-0.39, 0.29) is 6.04 Å². The SMILES string of the molecule is CCC(C)CC(C)NS(=O)(=O)c1c(C)cc(C)c(N)c1C. The number of anilines is 1. The summed E-state index contributed by atoms with van der Waals surface area (Å²) in [6, 6.07) is 1.74. The number of rotatable bonds is 6. The van der Waals surface area contributed by atoms with Crippen LogP contribution in [0.1, 0.15) is 50.3 Å². The Bertz CT molecular complexity index is 609. The number of benzene rings is 1. The lowest BCUT2D eigenvalue weighted by atomic mass is 10.0. The van der Waals surface area contributed by atoms with Crippen LogP contribution in [0.2, 0.25) is 0 Å². The van der Waals surface area contributed by atoms with Crippen LogP contribution in [0.3, 0.4) is 0 Å². The van der Waals surface area contributed by atoms with Gasteiger partial charge in [0.05, 0.1) is 4.90 Å². The zero-order chi connectivity index (χ0) is 16.4. The van der Waals surface area contributed by atoms with Crippen molar-refractivity contribution in [3.63, 3.8) is 0 Å². The largest absolute Gasteiger partial charge is 0.398 e. The highest BCUT2D eigenvalue weighted by Crippen LogP contribution is 2.28. The average Bonchev–Trinajstić information content (AvgIpc) is 2.34. The van der Waals surface area contributed by atoms with Gasteiger partial charge in [-0.15, -0.1) is 0 Å². The number of aryl methyl sites for hydroxylation is 2. The molecule has 1 aromatic carbocycles. The second-order valence-electron chi connectivity index (χ2n) is 6.15. The molecule has 0 saturated heterocycles. The van der Waals surface area contributed by atoms with Gasteiger partial charge in [0.25, 0.3) is 0 Å². The molecule has 2 atom stereocenters. The van der Waals surface area contributed by atoms with Gasteiger partial charge in [-0.25, -0.2) is 13.1 Å². The molecule has 0 aliphatic heterocycles. The first-order chi connectivity index (χ1) is 9.60. The summed E-state index contributed by atoms with van der Waals surface area (Å²) >= 11 is 0. The highest BCUT2D eigenvalue weighted by molar-refractivity contribution is 7.89. The Morgan fingerprint density at radius 2 is 1.76 bits per heavy atom. The van der Waals surface area contributed by atoms with E-state index in [1.54, 1.807) is 6.92 Å². The Morgan fingerprint density at radius 3 is 2.29 bits per heavy atom. The summed E-state index contributed by atoms with van der Waals surface area (Å²) in [5.74, 6) is 0.494. The molecule has 5 heteroatoms. The van der Waals surface area contributed by atoms with Crippen molar-refractivity contribution in [2.24, 2.45) is 5.92 Å². The van der Waals surface area contributed by atoms with Crippen molar-refractivity contribution in [1.29, 1.82) is 0 Å². The summed E-state index contributed by atoms with van der Waals surface area (Å²) < 4.78 is 28.1. The van der Waals surface area contributed by atoms with Gasteiger partial charge in [0, 0.05) is 11.7 Å². The van der Waals surface area contributed by atoms with Gasteiger partial charge in [-0.2, -0.15) is 0 Å². The maximum absolute atomic E-state index is 12.7. The summed E-state index contributed by atoms with van der Waals surface area (Å²) in [7, 11) is -3.54. The zero-order valence-corrected chi connectivity index (χ0v) is 14.8. The molecule has 0 saturated carbocycles. The van der Waals surface area contributed by atoms with Crippen molar-refractivity contribution in [1.82, 2.24) is 4.72 Å². The number of hydrogen-bond acceptors (Lipinski definition) is 3. The van der Waals surface area contributed by atoms with Crippen LogP contribution in [-0.4, -0.2) is 14.5 Å². The normalized spacial score (nSPS) is 15.0. The quantitative estimate of drug-likeness (QED) is 0.792. The van der Waals surface area contributed by atoms with Crippen molar-refractivity contribution in [3.05, 3.63) is 22.8 Å². The molecule has 3 N–H and O–H groups in total. The third kappa shape index (κ3) is 4.20. The monoisotopic (exact) mass is 312 g/mol. The molecule has 120 valence electrons. The fourth-order valence-corrected chi connectivity index (χ4v) is 4.48. The molecule has 1 rings (SSSR count). The summed E-state index contributed by atoms with van der Waals surface area (Å²) in [5, 5.41) is 0. The minimum atomic E-state index is -3.54. The first-order valence-electron chi connectivity index (χ1n) is 7.48. The minimum absolute atomic E-state index is 0.0914. The van der Waals surface area contributed by atoms with Gasteiger partial charge in [0.1, 0.15) is 0 Å². The molecule has 0 heterocycles. The van der Waals surface area contributed by atoms with E-state index in [2.05, 4.69) is 18.6 Å². The Morgan fingerprint density at radius 1 is 1.19 bits per heavy atom. The molecule has 4 nitrogen and oxygen atoms in total. The predicted octanol–water partition coefficient (Wildman–Crippen LogP) is 3.30. The second kappa shape index (κ2) is 6.79. The van der Waals surface area contributed by atoms with Gasteiger partial charge < -0.3 is 5.73 Å². The molecule has 0 amide bonds. The van der Waals surface area contributed by atoms with Crippen molar-refractivity contribution < 1.29 is 8.42 Å². The smallest absolute Gasteiger partial charge is 0.241 e. The van der Waals surface area contributed by atoms with Crippen LogP contribution in [0.25, 0.3) is 0 Å². The Hall–Kier alpha value is -1.07.